The highest BCUT2D eigenvalue weighted by atomic mass is 16.5. The van der Waals surface area contributed by atoms with Crippen molar-refractivity contribution in [3.8, 4) is 0 Å². The van der Waals surface area contributed by atoms with Crippen molar-refractivity contribution in [2.24, 2.45) is 5.18 Å². The Morgan fingerprint density at radius 2 is 2.22 bits per heavy atom. The van der Waals surface area contributed by atoms with Crippen LogP contribution in [0, 0.1) is 10.1 Å². The van der Waals surface area contributed by atoms with Crippen LogP contribution in [-0.2, 0) is 0 Å². The maximum Gasteiger partial charge on any atom is 0.130 e. The van der Waals surface area contributed by atoms with Gasteiger partial charge in [0.1, 0.15) is 19.6 Å². The summed E-state index contributed by atoms with van der Waals surface area (Å²) in [7, 11) is 0. The van der Waals surface area contributed by atoms with Crippen LogP contribution in [0.25, 0.3) is 0 Å². The van der Waals surface area contributed by atoms with Gasteiger partial charge < -0.3 is 15.4 Å². The lowest BCUT2D eigenvalue weighted by Gasteiger charge is -2.18. The third kappa shape index (κ3) is 5.35. The van der Waals surface area contributed by atoms with Gasteiger partial charge >= 0.3 is 0 Å². The first-order valence-corrected chi connectivity index (χ1v) is 2.73. The maximum atomic E-state index is 10.4. The van der Waals surface area contributed by atoms with Crippen molar-refractivity contribution in [2.75, 3.05) is 26.2 Å². The minimum Gasteiger partial charge on any atom is -0.634 e. The second kappa shape index (κ2) is 5.61. The van der Waals surface area contributed by atoms with Gasteiger partial charge in [-0.15, -0.1) is 0 Å². The third-order valence-electron chi connectivity index (χ3n) is 0.873. The Morgan fingerprint density at radius 1 is 1.56 bits per heavy atom. The van der Waals surface area contributed by atoms with Crippen LogP contribution in [0.5, 0.6) is 0 Å². The first-order valence-electron chi connectivity index (χ1n) is 2.73. The first kappa shape index (κ1) is 8.48. The molecule has 0 aromatic carbocycles. The number of nitrogens with one attached hydrogen (secondary N) is 1. The maximum absolute atomic E-state index is 10.4. The standard InChI is InChI=1S/C4H10N2O3/c7-4-3-6(9)2-1-5-8/h6-7H,1-4H2. The van der Waals surface area contributed by atoms with Crippen molar-refractivity contribution in [1.82, 2.24) is 0 Å². The minimum atomic E-state index is -0.141. The Balaban J connectivity index is 3.04. The SMILES string of the molecule is O=NCC[NH+]([O-])CCO. The van der Waals surface area contributed by atoms with Crippen LogP contribution < -0.4 is 5.06 Å². The molecular weight excluding hydrogens is 124 g/mol. The average Bonchev–Trinajstić information content (AvgIpc) is 1.85. The summed E-state index contributed by atoms with van der Waals surface area (Å²) >= 11 is 0. The molecule has 0 radical (unpaired) electrons. The van der Waals surface area contributed by atoms with Gasteiger partial charge in [0.15, 0.2) is 0 Å². The number of aliphatic hydroxyl groups excluding tert-OH is 1. The predicted octanol–water partition coefficient (Wildman–Crippen LogP) is -1.87. The van der Waals surface area contributed by atoms with Crippen molar-refractivity contribution in [3.63, 3.8) is 0 Å². The number of hydroxylamine groups is 2. The number of nitroso groups, excluding NO2 is 1. The quantitative estimate of drug-likeness (QED) is 0.341. The normalized spacial score (nSPS) is 13.1. The summed E-state index contributed by atoms with van der Waals surface area (Å²) in [4.78, 5) is 9.45. The molecule has 0 rings (SSSR count). The topological polar surface area (TPSA) is 77.2 Å². The Kier molecular flexibility index (Phi) is 5.29. The highest BCUT2D eigenvalue weighted by Gasteiger charge is 1.93. The van der Waals surface area contributed by atoms with Gasteiger partial charge in [-0.25, -0.2) is 0 Å². The molecule has 0 fully saturated rings. The molecule has 0 spiro atoms. The Labute approximate surface area is 52.8 Å². The van der Waals surface area contributed by atoms with E-state index in [9.17, 15) is 10.1 Å². The summed E-state index contributed by atoms with van der Waals surface area (Å²) in [5.41, 5.74) is 0. The van der Waals surface area contributed by atoms with Gasteiger partial charge in [0.2, 0.25) is 0 Å². The molecule has 0 saturated carbocycles. The number of nitrogens with zero attached hydrogens (tertiary/aromatic N) is 1. The van der Waals surface area contributed by atoms with Crippen LogP contribution in [0.3, 0.4) is 0 Å². The van der Waals surface area contributed by atoms with Crippen LogP contribution in [0.15, 0.2) is 5.18 Å². The molecule has 0 aliphatic rings. The zero-order valence-electron chi connectivity index (χ0n) is 5.04. The van der Waals surface area contributed by atoms with Gasteiger partial charge in [-0.1, -0.05) is 5.18 Å². The van der Waals surface area contributed by atoms with Crippen molar-refractivity contribution in [3.05, 3.63) is 10.1 Å². The van der Waals surface area contributed by atoms with E-state index in [4.69, 9.17) is 5.11 Å². The summed E-state index contributed by atoms with van der Waals surface area (Å²) < 4.78 is 0. The van der Waals surface area contributed by atoms with E-state index in [0.717, 1.165) is 0 Å². The first-order chi connectivity index (χ1) is 4.31. The van der Waals surface area contributed by atoms with E-state index in [1.807, 2.05) is 0 Å². The molecule has 0 aromatic rings. The third-order valence-corrected chi connectivity index (χ3v) is 0.873. The molecule has 0 aromatic heterocycles. The summed E-state index contributed by atoms with van der Waals surface area (Å²) in [5.74, 6) is 0. The smallest absolute Gasteiger partial charge is 0.130 e. The second-order valence-electron chi connectivity index (χ2n) is 1.61. The minimum absolute atomic E-state index is 0.0266. The van der Waals surface area contributed by atoms with Crippen LogP contribution in [-0.4, -0.2) is 31.3 Å². The fourth-order valence-corrected chi connectivity index (χ4v) is 0.420. The van der Waals surface area contributed by atoms with Crippen molar-refractivity contribution >= 4 is 0 Å². The lowest BCUT2D eigenvalue weighted by Crippen LogP contribution is -3.08. The lowest BCUT2D eigenvalue weighted by molar-refractivity contribution is -0.846. The van der Waals surface area contributed by atoms with E-state index in [1.165, 1.54) is 0 Å². The fraction of sp³-hybridized carbons (Fsp3) is 1.00. The summed E-state index contributed by atoms with van der Waals surface area (Å²) in [5, 5.41) is 21.0. The highest BCUT2D eigenvalue weighted by Crippen LogP contribution is 1.57. The van der Waals surface area contributed by atoms with Crippen LogP contribution in [0.2, 0.25) is 0 Å². The molecule has 9 heavy (non-hydrogen) atoms. The second-order valence-corrected chi connectivity index (χ2v) is 1.61. The van der Waals surface area contributed by atoms with E-state index in [1.54, 1.807) is 0 Å². The molecule has 0 aliphatic carbocycles. The van der Waals surface area contributed by atoms with Crippen LogP contribution in [0.4, 0.5) is 0 Å². The molecule has 0 aliphatic heterocycles. The molecule has 5 heteroatoms. The van der Waals surface area contributed by atoms with E-state index >= 15 is 0 Å². The Bertz CT molecular complexity index is 78.2. The predicted molar refractivity (Wildman–Crippen MR) is 31.8 cm³/mol. The molecule has 0 heterocycles. The monoisotopic (exact) mass is 134 g/mol. The van der Waals surface area contributed by atoms with Gasteiger partial charge in [-0.05, 0) is 0 Å². The van der Waals surface area contributed by atoms with Gasteiger partial charge in [-0.3, -0.25) is 0 Å². The van der Waals surface area contributed by atoms with Crippen LogP contribution >= 0.6 is 0 Å². The average molecular weight is 134 g/mol. The number of hydrogen-bond acceptors (Lipinski definition) is 4. The molecule has 2 N–H and O–H groups in total. The summed E-state index contributed by atoms with van der Waals surface area (Å²) in [6.07, 6.45) is 0. The summed E-state index contributed by atoms with van der Waals surface area (Å²) in [6.45, 7) is 0.177. The Hall–Kier alpha value is -0.520. The van der Waals surface area contributed by atoms with Crippen molar-refractivity contribution < 1.29 is 10.2 Å². The molecule has 0 bridgehead atoms. The number of hydrogen-bond donors (Lipinski definition) is 2. The highest BCUT2D eigenvalue weighted by molar-refractivity contribution is 4.35. The molecule has 54 valence electrons. The summed E-state index contributed by atoms with van der Waals surface area (Å²) in [6, 6.07) is 0. The number of quaternary nitrogens is 1. The zero-order valence-corrected chi connectivity index (χ0v) is 5.04. The van der Waals surface area contributed by atoms with E-state index < -0.39 is 0 Å². The molecule has 0 saturated heterocycles. The van der Waals surface area contributed by atoms with Gasteiger partial charge in [0, 0.05) is 0 Å². The number of aliphatic hydroxyl groups is 1. The number of rotatable bonds is 5. The van der Waals surface area contributed by atoms with E-state index in [-0.39, 0.29) is 31.3 Å². The Morgan fingerprint density at radius 3 is 2.67 bits per heavy atom. The molecule has 1 atom stereocenters. The zero-order chi connectivity index (χ0) is 7.11. The van der Waals surface area contributed by atoms with Gasteiger partial charge in [0.25, 0.3) is 0 Å². The van der Waals surface area contributed by atoms with Crippen molar-refractivity contribution in [2.45, 2.75) is 0 Å². The van der Waals surface area contributed by atoms with Gasteiger partial charge in [0.05, 0.1) is 6.61 Å². The molecule has 5 nitrogen and oxygen atoms in total. The fourth-order valence-electron chi connectivity index (χ4n) is 0.420. The largest absolute Gasteiger partial charge is 0.634 e. The molecule has 0 amide bonds. The van der Waals surface area contributed by atoms with Crippen molar-refractivity contribution in [1.29, 1.82) is 0 Å². The van der Waals surface area contributed by atoms with E-state index in [2.05, 4.69) is 5.18 Å². The van der Waals surface area contributed by atoms with E-state index in [0.29, 0.717) is 0 Å². The lowest BCUT2D eigenvalue weighted by atomic mass is 10.6. The van der Waals surface area contributed by atoms with Crippen LogP contribution in [0.1, 0.15) is 0 Å². The molecular formula is C4H10N2O3. The molecule has 1 unspecified atom stereocenters. The van der Waals surface area contributed by atoms with Gasteiger partial charge in [-0.2, -0.15) is 4.91 Å².